The molecule has 2 rings (SSSR count). The van der Waals surface area contributed by atoms with E-state index in [2.05, 4.69) is 5.32 Å². The van der Waals surface area contributed by atoms with Gasteiger partial charge in [-0.1, -0.05) is 18.5 Å². The van der Waals surface area contributed by atoms with Crippen molar-refractivity contribution >= 4 is 34.6 Å². The number of halogens is 1. The summed E-state index contributed by atoms with van der Waals surface area (Å²) in [5, 5.41) is 14.0. The van der Waals surface area contributed by atoms with Gasteiger partial charge in [-0.05, 0) is 18.9 Å². The summed E-state index contributed by atoms with van der Waals surface area (Å²) >= 11 is 6.02. The minimum absolute atomic E-state index is 0.0219. The molecule has 1 amide bonds. The van der Waals surface area contributed by atoms with Crippen LogP contribution in [-0.2, 0) is 4.79 Å². The lowest BCUT2D eigenvalue weighted by Crippen LogP contribution is -2.19. The molecule has 0 atom stereocenters. The smallest absolute Gasteiger partial charge is 0.294 e. The van der Waals surface area contributed by atoms with Crippen molar-refractivity contribution in [2.45, 2.75) is 26.2 Å². The summed E-state index contributed by atoms with van der Waals surface area (Å²) in [7, 11) is 0. The first kappa shape index (κ1) is 14.6. The van der Waals surface area contributed by atoms with Crippen LogP contribution in [-0.4, -0.2) is 23.9 Å². The van der Waals surface area contributed by atoms with E-state index in [1.165, 1.54) is 6.07 Å². The van der Waals surface area contributed by atoms with E-state index in [1.54, 1.807) is 13.0 Å². The Hall–Kier alpha value is -1.82. The van der Waals surface area contributed by atoms with E-state index < -0.39 is 4.92 Å². The lowest BCUT2D eigenvalue weighted by atomic mass is 10.2. The summed E-state index contributed by atoms with van der Waals surface area (Å²) in [6.45, 7) is 3.29. The van der Waals surface area contributed by atoms with Gasteiger partial charge in [0.05, 0.1) is 15.6 Å². The molecule has 0 spiro atoms. The van der Waals surface area contributed by atoms with Crippen LogP contribution in [0.4, 0.5) is 17.1 Å². The maximum Gasteiger partial charge on any atom is 0.294 e. The summed E-state index contributed by atoms with van der Waals surface area (Å²) in [6.07, 6.45) is 2.35. The Kier molecular flexibility index (Phi) is 4.44. The third-order valence-corrected chi connectivity index (χ3v) is 3.62. The SMILES string of the molecule is CCC(=O)Nc1cc(N2CCCC2)c([N+](=O)[O-])cc1Cl. The van der Waals surface area contributed by atoms with Crippen molar-refractivity contribution in [3.63, 3.8) is 0 Å². The molecule has 1 aromatic rings. The number of carbonyl (C=O) groups is 1. The number of nitrogens with zero attached hydrogens (tertiary/aromatic N) is 2. The van der Waals surface area contributed by atoms with E-state index in [1.807, 2.05) is 4.90 Å². The molecule has 1 aromatic carbocycles. The highest BCUT2D eigenvalue weighted by Gasteiger charge is 2.24. The lowest BCUT2D eigenvalue weighted by Gasteiger charge is -2.19. The molecule has 1 fully saturated rings. The van der Waals surface area contributed by atoms with Crippen LogP contribution >= 0.6 is 11.6 Å². The minimum Gasteiger partial charge on any atom is -0.366 e. The molecule has 0 aliphatic carbocycles. The Bertz CT molecular complexity index is 542. The van der Waals surface area contributed by atoms with Crippen LogP contribution in [0.1, 0.15) is 26.2 Å². The fourth-order valence-corrected chi connectivity index (χ4v) is 2.45. The quantitative estimate of drug-likeness (QED) is 0.684. The van der Waals surface area contributed by atoms with Gasteiger partial charge in [0.25, 0.3) is 5.69 Å². The molecule has 7 heteroatoms. The third kappa shape index (κ3) is 3.01. The van der Waals surface area contributed by atoms with E-state index in [0.29, 0.717) is 17.8 Å². The molecule has 20 heavy (non-hydrogen) atoms. The van der Waals surface area contributed by atoms with Gasteiger partial charge in [0.2, 0.25) is 5.91 Å². The molecule has 1 N–H and O–H groups in total. The minimum atomic E-state index is -0.440. The molecule has 108 valence electrons. The van der Waals surface area contributed by atoms with Gasteiger partial charge in [0.15, 0.2) is 0 Å². The van der Waals surface area contributed by atoms with Crippen LogP contribution in [0, 0.1) is 10.1 Å². The van der Waals surface area contributed by atoms with Crippen molar-refractivity contribution in [1.29, 1.82) is 0 Å². The van der Waals surface area contributed by atoms with E-state index >= 15 is 0 Å². The van der Waals surface area contributed by atoms with Crippen molar-refractivity contribution in [3.05, 3.63) is 27.3 Å². The summed E-state index contributed by atoms with van der Waals surface area (Å²) < 4.78 is 0. The maximum atomic E-state index is 11.5. The second kappa shape index (κ2) is 6.09. The standard InChI is InChI=1S/C13H16ClN3O3/c1-2-13(18)15-10-8-11(16-5-3-4-6-16)12(17(19)20)7-9(10)14/h7-8H,2-6H2,1H3,(H,15,18). The molecule has 0 bridgehead atoms. The molecule has 0 aromatic heterocycles. The Labute approximate surface area is 121 Å². The molecular weight excluding hydrogens is 282 g/mol. The van der Waals surface area contributed by atoms with Crippen molar-refractivity contribution in [1.82, 2.24) is 0 Å². The fraction of sp³-hybridized carbons (Fsp3) is 0.462. The Balaban J connectivity index is 2.42. The molecule has 0 radical (unpaired) electrons. The lowest BCUT2D eigenvalue weighted by molar-refractivity contribution is -0.384. The van der Waals surface area contributed by atoms with Gasteiger partial charge >= 0.3 is 0 Å². The molecule has 1 heterocycles. The first-order chi connectivity index (χ1) is 9.52. The number of rotatable bonds is 4. The van der Waals surface area contributed by atoms with E-state index in [-0.39, 0.29) is 16.6 Å². The topological polar surface area (TPSA) is 75.5 Å². The normalized spacial score (nSPS) is 14.4. The largest absolute Gasteiger partial charge is 0.366 e. The van der Waals surface area contributed by atoms with Gasteiger partial charge in [0.1, 0.15) is 5.69 Å². The number of nitro benzene ring substituents is 1. The van der Waals surface area contributed by atoms with E-state index in [9.17, 15) is 14.9 Å². The number of nitrogens with one attached hydrogen (secondary N) is 1. The first-order valence-corrected chi connectivity index (χ1v) is 6.93. The predicted octanol–water partition coefficient (Wildman–Crippen LogP) is 3.20. The van der Waals surface area contributed by atoms with Gasteiger partial charge in [-0.25, -0.2) is 0 Å². The van der Waals surface area contributed by atoms with Crippen molar-refractivity contribution in [2.75, 3.05) is 23.3 Å². The number of hydrogen-bond acceptors (Lipinski definition) is 4. The molecule has 0 unspecified atom stereocenters. The fourth-order valence-electron chi connectivity index (χ4n) is 2.24. The van der Waals surface area contributed by atoms with Crippen LogP contribution in [0.2, 0.25) is 5.02 Å². The first-order valence-electron chi connectivity index (χ1n) is 6.55. The van der Waals surface area contributed by atoms with E-state index in [4.69, 9.17) is 11.6 Å². The van der Waals surface area contributed by atoms with Crippen LogP contribution in [0.3, 0.4) is 0 Å². The summed E-state index contributed by atoms with van der Waals surface area (Å²) in [4.78, 5) is 24.1. The van der Waals surface area contributed by atoms with Crippen LogP contribution in [0.25, 0.3) is 0 Å². The predicted molar refractivity (Wildman–Crippen MR) is 78.5 cm³/mol. The molecule has 0 saturated carbocycles. The monoisotopic (exact) mass is 297 g/mol. The zero-order chi connectivity index (χ0) is 14.7. The number of anilines is 2. The third-order valence-electron chi connectivity index (χ3n) is 3.30. The van der Waals surface area contributed by atoms with Gasteiger partial charge < -0.3 is 10.2 Å². The maximum absolute atomic E-state index is 11.5. The number of benzene rings is 1. The number of carbonyl (C=O) groups excluding carboxylic acids is 1. The Morgan fingerprint density at radius 3 is 2.65 bits per heavy atom. The van der Waals surface area contributed by atoms with Crippen LogP contribution in [0.15, 0.2) is 12.1 Å². The van der Waals surface area contributed by atoms with Gasteiger partial charge in [-0.15, -0.1) is 0 Å². The summed E-state index contributed by atoms with van der Waals surface area (Å²) in [5.74, 6) is -0.173. The van der Waals surface area contributed by atoms with Gasteiger partial charge in [-0.3, -0.25) is 14.9 Å². The Morgan fingerprint density at radius 2 is 2.10 bits per heavy atom. The molecule has 1 aliphatic heterocycles. The van der Waals surface area contributed by atoms with Crippen molar-refractivity contribution in [2.24, 2.45) is 0 Å². The molecule has 6 nitrogen and oxygen atoms in total. The second-order valence-corrected chi connectivity index (χ2v) is 5.08. The van der Waals surface area contributed by atoms with Crippen LogP contribution in [0.5, 0.6) is 0 Å². The summed E-state index contributed by atoms with van der Waals surface area (Å²) in [6, 6.07) is 2.90. The highest BCUT2D eigenvalue weighted by Crippen LogP contribution is 2.38. The number of nitro groups is 1. The summed E-state index contributed by atoms with van der Waals surface area (Å²) in [5.41, 5.74) is 0.917. The molecule has 1 aliphatic rings. The van der Waals surface area contributed by atoms with Crippen molar-refractivity contribution < 1.29 is 9.72 Å². The zero-order valence-corrected chi connectivity index (χ0v) is 11.9. The highest BCUT2D eigenvalue weighted by atomic mass is 35.5. The average Bonchev–Trinajstić information content (AvgIpc) is 2.94. The molecular formula is C13H16ClN3O3. The second-order valence-electron chi connectivity index (χ2n) is 4.67. The molecule has 1 saturated heterocycles. The number of amides is 1. The van der Waals surface area contributed by atoms with Gasteiger partial charge in [0, 0.05) is 25.6 Å². The van der Waals surface area contributed by atoms with Gasteiger partial charge in [-0.2, -0.15) is 0 Å². The van der Waals surface area contributed by atoms with E-state index in [0.717, 1.165) is 25.9 Å². The van der Waals surface area contributed by atoms with Crippen LogP contribution < -0.4 is 10.2 Å². The average molecular weight is 298 g/mol. The van der Waals surface area contributed by atoms with Crippen molar-refractivity contribution in [3.8, 4) is 0 Å². The highest BCUT2D eigenvalue weighted by molar-refractivity contribution is 6.34. The zero-order valence-electron chi connectivity index (χ0n) is 11.2. The Morgan fingerprint density at radius 1 is 1.45 bits per heavy atom. The number of hydrogen-bond donors (Lipinski definition) is 1.